The van der Waals surface area contributed by atoms with Gasteiger partial charge in [0.05, 0.1) is 0 Å². The molecule has 0 aliphatic heterocycles. The molecule has 0 aromatic carbocycles. The number of rotatable bonds is 45. The molecule has 0 rings (SSSR count). The average Bonchev–Trinajstić information content (AvgIpc) is 3.19. The molecule has 0 aliphatic rings. The van der Waals surface area contributed by atoms with Crippen LogP contribution in [-0.2, 0) is 28.6 Å². The van der Waals surface area contributed by atoms with Crippen LogP contribution in [0.4, 0.5) is 0 Å². The monoisotopic (exact) mass is 821 g/mol. The molecule has 344 valence electrons. The summed E-state index contributed by atoms with van der Waals surface area (Å²) in [6, 6.07) is 0. The molecule has 0 fully saturated rings. The van der Waals surface area contributed by atoms with Crippen LogP contribution in [0.25, 0.3) is 0 Å². The Morgan fingerprint density at radius 2 is 0.603 bits per heavy atom. The van der Waals surface area contributed by atoms with E-state index in [0.29, 0.717) is 19.3 Å². The predicted molar refractivity (Wildman–Crippen MR) is 247 cm³/mol. The minimum atomic E-state index is -0.763. The number of carbonyl (C=O) groups excluding carboxylic acids is 3. The van der Waals surface area contributed by atoms with Gasteiger partial charge in [0.15, 0.2) is 6.10 Å². The maximum Gasteiger partial charge on any atom is 0.306 e. The molecule has 0 saturated heterocycles. The largest absolute Gasteiger partial charge is 0.462 e. The van der Waals surface area contributed by atoms with Crippen LogP contribution in [0.3, 0.4) is 0 Å². The van der Waals surface area contributed by atoms with Gasteiger partial charge in [0.25, 0.3) is 0 Å². The zero-order valence-electron chi connectivity index (χ0n) is 39.8. The molecule has 0 spiro atoms. The van der Waals surface area contributed by atoms with Gasteiger partial charge in [-0.3, -0.25) is 14.4 Å². The van der Waals surface area contributed by atoms with Gasteiger partial charge in [0.2, 0.25) is 0 Å². The molecular formula is C52H100O6. The van der Waals surface area contributed by atoms with Crippen molar-refractivity contribution in [1.29, 1.82) is 0 Å². The summed E-state index contributed by atoms with van der Waals surface area (Å²) in [5.74, 6) is 1.62. The van der Waals surface area contributed by atoms with Gasteiger partial charge in [-0.25, -0.2) is 0 Å². The van der Waals surface area contributed by atoms with Crippen LogP contribution in [0.5, 0.6) is 0 Å². The summed E-state index contributed by atoms with van der Waals surface area (Å²) >= 11 is 0. The topological polar surface area (TPSA) is 78.9 Å². The Hall–Kier alpha value is -1.59. The third-order valence-corrected chi connectivity index (χ3v) is 12.0. The van der Waals surface area contributed by atoms with Gasteiger partial charge in [-0.2, -0.15) is 0 Å². The first-order valence-corrected chi connectivity index (χ1v) is 25.6. The third-order valence-electron chi connectivity index (χ3n) is 12.0. The van der Waals surface area contributed by atoms with Gasteiger partial charge in [0.1, 0.15) is 13.2 Å². The normalized spacial score (nSPS) is 12.6. The molecule has 0 aromatic rings. The smallest absolute Gasteiger partial charge is 0.306 e. The van der Waals surface area contributed by atoms with E-state index in [2.05, 4.69) is 41.5 Å². The van der Waals surface area contributed by atoms with E-state index >= 15 is 0 Å². The molecule has 2 atom stereocenters. The Labute approximate surface area is 361 Å². The molecule has 0 aromatic heterocycles. The highest BCUT2D eigenvalue weighted by molar-refractivity contribution is 5.71. The molecule has 1 unspecified atom stereocenters. The second-order valence-electron chi connectivity index (χ2n) is 19.0. The van der Waals surface area contributed by atoms with Crippen molar-refractivity contribution in [2.24, 2.45) is 17.8 Å². The Balaban J connectivity index is 4.28. The van der Waals surface area contributed by atoms with Crippen molar-refractivity contribution in [2.45, 2.75) is 285 Å². The molecule has 6 nitrogen and oxygen atoms in total. The van der Waals surface area contributed by atoms with Gasteiger partial charge in [-0.05, 0) is 37.0 Å². The van der Waals surface area contributed by atoms with E-state index in [1.54, 1.807) is 0 Å². The van der Waals surface area contributed by atoms with Crippen molar-refractivity contribution in [3.8, 4) is 0 Å². The van der Waals surface area contributed by atoms with Crippen LogP contribution >= 0.6 is 0 Å². The summed E-state index contributed by atoms with van der Waals surface area (Å²) in [6.07, 6.45) is 42.4. The summed E-state index contributed by atoms with van der Waals surface area (Å²) in [4.78, 5) is 37.9. The third kappa shape index (κ3) is 44.0. The first-order valence-electron chi connectivity index (χ1n) is 25.6. The number of ether oxygens (including phenoxy) is 3. The second-order valence-corrected chi connectivity index (χ2v) is 19.0. The zero-order chi connectivity index (χ0) is 42.7. The van der Waals surface area contributed by atoms with Crippen molar-refractivity contribution >= 4 is 17.9 Å². The van der Waals surface area contributed by atoms with Crippen LogP contribution in [0.1, 0.15) is 279 Å². The van der Waals surface area contributed by atoms with E-state index in [1.807, 2.05) is 0 Å². The van der Waals surface area contributed by atoms with Crippen molar-refractivity contribution < 1.29 is 28.6 Å². The lowest BCUT2D eigenvalue weighted by molar-refractivity contribution is -0.167. The molecule has 0 radical (unpaired) electrons. The summed E-state index contributed by atoms with van der Waals surface area (Å²) in [6.45, 7) is 13.7. The molecular weight excluding hydrogens is 721 g/mol. The Bertz CT molecular complexity index is 900. The van der Waals surface area contributed by atoms with Gasteiger partial charge < -0.3 is 14.2 Å². The fourth-order valence-corrected chi connectivity index (χ4v) is 7.73. The van der Waals surface area contributed by atoms with E-state index in [1.165, 1.54) is 161 Å². The van der Waals surface area contributed by atoms with Crippen LogP contribution in [0, 0.1) is 17.8 Å². The minimum Gasteiger partial charge on any atom is -0.462 e. The predicted octanol–water partition coefficient (Wildman–Crippen LogP) is 16.4. The lowest BCUT2D eigenvalue weighted by Crippen LogP contribution is -2.30. The number of hydrogen-bond donors (Lipinski definition) is 0. The van der Waals surface area contributed by atoms with Gasteiger partial charge in [0, 0.05) is 19.3 Å². The van der Waals surface area contributed by atoms with E-state index in [4.69, 9.17) is 14.2 Å². The molecule has 0 amide bonds. The average molecular weight is 821 g/mol. The van der Waals surface area contributed by atoms with Crippen LogP contribution in [0.15, 0.2) is 0 Å². The molecule has 0 saturated carbocycles. The maximum atomic E-state index is 12.8. The first kappa shape index (κ1) is 56.4. The van der Waals surface area contributed by atoms with Crippen LogP contribution < -0.4 is 0 Å². The van der Waals surface area contributed by atoms with E-state index in [0.717, 1.165) is 75.5 Å². The molecule has 0 N–H and O–H groups in total. The van der Waals surface area contributed by atoms with Gasteiger partial charge >= 0.3 is 17.9 Å². The molecule has 0 heterocycles. The number of hydrogen-bond acceptors (Lipinski definition) is 6. The number of carbonyl (C=O) groups is 3. The number of unbranched alkanes of at least 4 members (excludes halogenated alkanes) is 27. The van der Waals surface area contributed by atoms with Crippen molar-refractivity contribution in [3.63, 3.8) is 0 Å². The summed E-state index contributed by atoms with van der Waals surface area (Å²) in [7, 11) is 0. The van der Waals surface area contributed by atoms with E-state index < -0.39 is 6.10 Å². The number of esters is 3. The highest BCUT2D eigenvalue weighted by Crippen LogP contribution is 2.18. The summed E-state index contributed by atoms with van der Waals surface area (Å²) in [5, 5.41) is 0. The fraction of sp³-hybridized carbons (Fsp3) is 0.942. The molecule has 0 bridgehead atoms. The first-order chi connectivity index (χ1) is 28.1. The minimum absolute atomic E-state index is 0.0656. The fourth-order valence-electron chi connectivity index (χ4n) is 7.73. The van der Waals surface area contributed by atoms with Crippen LogP contribution in [-0.4, -0.2) is 37.2 Å². The zero-order valence-corrected chi connectivity index (χ0v) is 39.8. The van der Waals surface area contributed by atoms with Crippen molar-refractivity contribution in [2.75, 3.05) is 13.2 Å². The quantitative estimate of drug-likeness (QED) is 0.0346. The SMILES string of the molecule is CCC(C)CCCCCCCCCCCCC(=O)OC[C@@H](COC(=O)CCCCCCCCC(C)C)OC(=O)CCCCCCCCCCCCCCCCC(C)C. The Morgan fingerprint density at radius 3 is 0.897 bits per heavy atom. The van der Waals surface area contributed by atoms with E-state index in [-0.39, 0.29) is 31.1 Å². The van der Waals surface area contributed by atoms with Crippen molar-refractivity contribution in [1.82, 2.24) is 0 Å². The Morgan fingerprint density at radius 1 is 0.345 bits per heavy atom. The van der Waals surface area contributed by atoms with Crippen molar-refractivity contribution in [3.05, 3.63) is 0 Å². The van der Waals surface area contributed by atoms with E-state index in [9.17, 15) is 14.4 Å². The molecule has 6 heteroatoms. The lowest BCUT2D eigenvalue weighted by atomic mass is 9.99. The Kier molecular flexibility index (Phi) is 42.3. The highest BCUT2D eigenvalue weighted by Gasteiger charge is 2.19. The lowest BCUT2D eigenvalue weighted by Gasteiger charge is -2.18. The van der Waals surface area contributed by atoms with Gasteiger partial charge in [-0.15, -0.1) is 0 Å². The highest BCUT2D eigenvalue weighted by atomic mass is 16.6. The van der Waals surface area contributed by atoms with Crippen LogP contribution in [0.2, 0.25) is 0 Å². The van der Waals surface area contributed by atoms with Gasteiger partial charge in [-0.1, -0.05) is 241 Å². The summed E-state index contributed by atoms with van der Waals surface area (Å²) < 4.78 is 16.8. The maximum absolute atomic E-state index is 12.8. The molecule has 0 aliphatic carbocycles. The molecule has 58 heavy (non-hydrogen) atoms. The summed E-state index contributed by atoms with van der Waals surface area (Å²) in [5.41, 5.74) is 0. The standard InChI is InChI=1S/C52H100O6/c1-7-48(6)40-34-28-21-17-14-15-18-22-29-35-41-50(53)56-44-49(45-57-51(54)42-36-30-25-24-27-33-39-47(4)5)58-52(55)43-37-31-23-19-13-11-9-8-10-12-16-20-26-32-38-46(2)3/h46-49H,7-45H2,1-6H3/t48?,49-/m0/s1. The second kappa shape index (κ2) is 43.5.